The summed E-state index contributed by atoms with van der Waals surface area (Å²) < 4.78 is 28.1. The number of hydrogen-bond acceptors (Lipinski definition) is 4. The van der Waals surface area contributed by atoms with Crippen LogP contribution in [0.1, 0.15) is 6.92 Å². The molecular formula is C11H10ClNO3S. The van der Waals surface area contributed by atoms with Crippen molar-refractivity contribution in [2.45, 2.75) is 6.92 Å². The highest BCUT2D eigenvalue weighted by molar-refractivity contribution is 8.09. The maximum Gasteiger partial charge on any atom is 0.214 e. The monoisotopic (exact) mass is 271 g/mol. The molecule has 0 fully saturated rings. The molecule has 0 aliphatic carbocycles. The van der Waals surface area contributed by atoms with E-state index in [4.69, 9.17) is 16.3 Å². The van der Waals surface area contributed by atoms with Crippen LogP contribution in [0.5, 0.6) is 5.75 Å². The van der Waals surface area contributed by atoms with E-state index in [1.807, 2.05) is 0 Å². The lowest BCUT2D eigenvalue weighted by atomic mass is 10.3. The molecule has 0 unspecified atom stereocenters. The van der Waals surface area contributed by atoms with E-state index in [1.54, 1.807) is 24.3 Å². The van der Waals surface area contributed by atoms with Crippen molar-refractivity contribution in [1.82, 2.24) is 0 Å². The fourth-order valence-electron chi connectivity index (χ4n) is 1.31. The first-order valence-electron chi connectivity index (χ1n) is 4.87. The Morgan fingerprint density at radius 2 is 1.94 bits per heavy atom. The topological polar surface area (TPSA) is 55.7 Å². The van der Waals surface area contributed by atoms with Gasteiger partial charge in [0.2, 0.25) is 9.84 Å². The summed E-state index contributed by atoms with van der Waals surface area (Å²) in [5.41, 5.74) is 0.400. The normalized spacial score (nSPS) is 17.5. The molecule has 4 nitrogen and oxygen atoms in total. The van der Waals surface area contributed by atoms with Crippen LogP contribution in [-0.4, -0.2) is 20.1 Å². The molecule has 1 heterocycles. The van der Waals surface area contributed by atoms with Gasteiger partial charge in [0, 0.05) is 5.02 Å². The number of nitrogens with zero attached hydrogens (tertiary/aromatic N) is 1. The molecule has 0 aromatic heterocycles. The van der Waals surface area contributed by atoms with Crippen LogP contribution in [0.25, 0.3) is 0 Å². The van der Waals surface area contributed by atoms with Gasteiger partial charge in [-0.2, -0.15) is 0 Å². The number of halogens is 1. The minimum Gasteiger partial charge on any atom is -0.487 e. The second-order valence-electron chi connectivity index (χ2n) is 3.53. The van der Waals surface area contributed by atoms with Crippen molar-refractivity contribution in [2.75, 3.05) is 6.61 Å². The Morgan fingerprint density at radius 3 is 2.47 bits per heavy atom. The van der Waals surface area contributed by atoms with Crippen molar-refractivity contribution < 1.29 is 13.2 Å². The van der Waals surface area contributed by atoms with Gasteiger partial charge in [-0.05, 0) is 31.2 Å². The molecule has 6 heteroatoms. The number of benzene rings is 1. The number of ether oxygens (including phenoxy) is 1. The Kier molecular flexibility index (Phi) is 3.22. The Labute approximate surface area is 104 Å². The molecule has 1 aromatic rings. The van der Waals surface area contributed by atoms with Crippen LogP contribution < -0.4 is 4.74 Å². The number of sulfone groups is 1. The fraction of sp³-hybridized carbons (Fsp3) is 0.182. The van der Waals surface area contributed by atoms with Crippen LogP contribution >= 0.6 is 11.6 Å². The summed E-state index contributed by atoms with van der Waals surface area (Å²) in [7, 11) is -3.30. The molecule has 17 heavy (non-hydrogen) atoms. The second-order valence-corrected chi connectivity index (χ2v) is 5.88. The van der Waals surface area contributed by atoms with E-state index in [0.717, 1.165) is 5.41 Å². The number of aliphatic imine (C=N–C) groups is 1. The van der Waals surface area contributed by atoms with Gasteiger partial charge in [0.1, 0.15) is 17.4 Å². The minimum atomic E-state index is -3.30. The van der Waals surface area contributed by atoms with Crippen LogP contribution in [0.3, 0.4) is 0 Å². The van der Waals surface area contributed by atoms with E-state index in [0.29, 0.717) is 16.5 Å². The zero-order valence-electron chi connectivity index (χ0n) is 9.05. The van der Waals surface area contributed by atoms with Gasteiger partial charge < -0.3 is 4.74 Å². The summed E-state index contributed by atoms with van der Waals surface area (Å²) in [6.45, 7) is 1.58. The van der Waals surface area contributed by atoms with Gasteiger partial charge in [-0.15, -0.1) is 0 Å². The molecule has 1 aliphatic rings. The molecular weight excluding hydrogens is 262 g/mol. The van der Waals surface area contributed by atoms with Crippen molar-refractivity contribution in [3.63, 3.8) is 0 Å². The van der Waals surface area contributed by atoms with Gasteiger partial charge in [0.25, 0.3) is 0 Å². The molecule has 0 N–H and O–H groups in total. The molecule has 0 spiro atoms. The van der Waals surface area contributed by atoms with Crippen LogP contribution in [0, 0.1) is 0 Å². The highest BCUT2D eigenvalue weighted by Crippen LogP contribution is 2.18. The average molecular weight is 272 g/mol. The molecule has 0 saturated carbocycles. The van der Waals surface area contributed by atoms with Gasteiger partial charge >= 0.3 is 0 Å². The minimum absolute atomic E-state index is 0.104. The standard InChI is InChI=1S/C11H10ClNO3S/c1-8-13-10(7-17(8,14)15)6-16-11-4-2-9(12)3-5-11/h2-5,7H,6H2,1H3. The Balaban J connectivity index is 2.03. The Morgan fingerprint density at radius 1 is 1.29 bits per heavy atom. The first kappa shape index (κ1) is 12.1. The highest BCUT2D eigenvalue weighted by atomic mass is 35.5. The van der Waals surface area contributed by atoms with Gasteiger partial charge in [-0.25, -0.2) is 13.4 Å². The van der Waals surface area contributed by atoms with Crippen LogP contribution in [-0.2, 0) is 9.84 Å². The molecule has 90 valence electrons. The van der Waals surface area contributed by atoms with E-state index in [9.17, 15) is 8.42 Å². The third kappa shape index (κ3) is 2.87. The van der Waals surface area contributed by atoms with Gasteiger partial charge in [0.15, 0.2) is 0 Å². The SMILES string of the molecule is CC1=NC(COc2ccc(Cl)cc2)=CS1(=O)=O. The fourth-order valence-corrected chi connectivity index (χ4v) is 2.33. The van der Waals surface area contributed by atoms with E-state index >= 15 is 0 Å². The lowest BCUT2D eigenvalue weighted by Crippen LogP contribution is -2.01. The first-order valence-corrected chi connectivity index (χ1v) is 6.79. The zero-order chi connectivity index (χ0) is 12.5. The maximum absolute atomic E-state index is 11.3. The largest absolute Gasteiger partial charge is 0.487 e. The predicted octanol–water partition coefficient (Wildman–Crippen LogP) is 2.41. The quantitative estimate of drug-likeness (QED) is 0.848. The summed E-state index contributed by atoms with van der Waals surface area (Å²) in [6.07, 6.45) is 0. The summed E-state index contributed by atoms with van der Waals surface area (Å²) >= 11 is 5.73. The van der Waals surface area contributed by atoms with E-state index in [1.165, 1.54) is 6.92 Å². The molecule has 0 saturated heterocycles. The molecule has 0 atom stereocenters. The van der Waals surface area contributed by atoms with Crippen molar-refractivity contribution >= 4 is 26.5 Å². The number of hydrogen-bond donors (Lipinski definition) is 0. The molecule has 1 aliphatic heterocycles. The predicted molar refractivity (Wildman–Crippen MR) is 67.1 cm³/mol. The summed E-state index contributed by atoms with van der Waals surface area (Å²) in [5.74, 6) is 0.618. The van der Waals surface area contributed by atoms with Crippen LogP contribution in [0.15, 0.2) is 40.4 Å². The zero-order valence-corrected chi connectivity index (χ0v) is 10.6. The average Bonchev–Trinajstić information content (AvgIpc) is 2.52. The van der Waals surface area contributed by atoms with E-state index in [2.05, 4.69) is 4.99 Å². The Bertz CT molecular complexity index is 588. The molecule has 2 rings (SSSR count). The molecule has 0 bridgehead atoms. The van der Waals surface area contributed by atoms with Gasteiger partial charge in [-0.3, -0.25) is 0 Å². The highest BCUT2D eigenvalue weighted by Gasteiger charge is 2.20. The summed E-state index contributed by atoms with van der Waals surface area (Å²) in [5, 5.41) is 1.85. The lowest BCUT2D eigenvalue weighted by molar-refractivity contribution is 0.351. The van der Waals surface area contributed by atoms with Crippen LogP contribution in [0.4, 0.5) is 0 Å². The smallest absolute Gasteiger partial charge is 0.214 e. The van der Waals surface area contributed by atoms with Crippen molar-refractivity contribution in [3.05, 3.63) is 40.4 Å². The van der Waals surface area contributed by atoms with Crippen molar-refractivity contribution in [2.24, 2.45) is 4.99 Å². The van der Waals surface area contributed by atoms with Crippen LogP contribution in [0.2, 0.25) is 5.02 Å². The maximum atomic E-state index is 11.3. The first-order chi connectivity index (χ1) is 7.97. The van der Waals surface area contributed by atoms with Crippen molar-refractivity contribution in [3.8, 4) is 5.75 Å². The molecule has 0 amide bonds. The van der Waals surface area contributed by atoms with Gasteiger partial charge in [0.05, 0.1) is 11.1 Å². The molecule has 0 radical (unpaired) electrons. The van der Waals surface area contributed by atoms with E-state index < -0.39 is 9.84 Å². The summed E-state index contributed by atoms with van der Waals surface area (Å²) in [6, 6.07) is 6.82. The third-order valence-corrected chi connectivity index (χ3v) is 3.95. The van der Waals surface area contributed by atoms with Gasteiger partial charge in [-0.1, -0.05) is 11.6 Å². The third-order valence-electron chi connectivity index (χ3n) is 2.20. The number of rotatable bonds is 3. The van der Waals surface area contributed by atoms with E-state index in [-0.39, 0.29) is 11.7 Å². The molecule has 1 aromatic carbocycles. The summed E-state index contributed by atoms with van der Waals surface area (Å²) in [4.78, 5) is 3.91. The second kappa shape index (κ2) is 4.50. The van der Waals surface area contributed by atoms with Crippen molar-refractivity contribution in [1.29, 1.82) is 0 Å². The Hall–Kier alpha value is -1.33. The lowest BCUT2D eigenvalue weighted by Gasteiger charge is -2.04.